The van der Waals surface area contributed by atoms with Crippen molar-refractivity contribution in [3.05, 3.63) is 42.0 Å². The quantitative estimate of drug-likeness (QED) is 0.709. The molecule has 0 unspecified atom stereocenters. The van der Waals surface area contributed by atoms with Crippen LogP contribution in [0.15, 0.2) is 30.9 Å². The van der Waals surface area contributed by atoms with Crippen molar-refractivity contribution in [2.45, 2.75) is 26.8 Å². The van der Waals surface area contributed by atoms with Gasteiger partial charge in [-0.25, -0.2) is 9.97 Å². The zero-order valence-corrected chi connectivity index (χ0v) is 13.7. The number of aromatic nitrogens is 4. The number of anilines is 1. The van der Waals surface area contributed by atoms with E-state index in [1.54, 1.807) is 13.4 Å². The van der Waals surface area contributed by atoms with Crippen LogP contribution in [0.25, 0.3) is 11.2 Å². The second kappa shape index (κ2) is 6.64. The summed E-state index contributed by atoms with van der Waals surface area (Å²) in [7, 11) is 1.59. The number of hydrogen-bond donors (Lipinski definition) is 1. The molecule has 0 bridgehead atoms. The van der Waals surface area contributed by atoms with Gasteiger partial charge in [-0.15, -0.1) is 0 Å². The molecule has 6 nitrogen and oxygen atoms in total. The maximum atomic E-state index is 5.21. The van der Waals surface area contributed by atoms with E-state index in [-0.39, 0.29) is 0 Å². The minimum Gasteiger partial charge on any atom is -0.479 e. The molecule has 0 atom stereocenters. The van der Waals surface area contributed by atoms with Crippen molar-refractivity contribution in [2.24, 2.45) is 0 Å². The largest absolute Gasteiger partial charge is 0.479 e. The first-order valence-electron chi connectivity index (χ1n) is 7.70. The molecule has 1 N–H and O–H groups in total. The van der Waals surface area contributed by atoms with Crippen LogP contribution in [-0.2, 0) is 6.54 Å². The molecular formula is C17H21N5O. The van der Waals surface area contributed by atoms with E-state index in [0.29, 0.717) is 11.4 Å². The van der Waals surface area contributed by atoms with Crippen molar-refractivity contribution in [3.63, 3.8) is 0 Å². The van der Waals surface area contributed by atoms with Crippen LogP contribution in [0.3, 0.4) is 0 Å². The summed E-state index contributed by atoms with van der Waals surface area (Å²) in [6.07, 6.45) is 4.27. The summed E-state index contributed by atoms with van der Waals surface area (Å²) in [6.45, 7) is 5.99. The molecule has 0 fully saturated rings. The normalized spacial score (nSPS) is 10.9. The van der Waals surface area contributed by atoms with E-state index in [0.717, 1.165) is 30.8 Å². The predicted molar refractivity (Wildman–Crippen MR) is 90.9 cm³/mol. The standard InChI is InChI=1S/C17H21N5O/c1-12-5-6-14(9-13(12)2)18-7-4-8-22-11-21-15-16(22)19-10-20-17(15)23-3/h5-6,9-11,18H,4,7-8H2,1-3H3. The summed E-state index contributed by atoms with van der Waals surface area (Å²) in [6, 6.07) is 6.44. The molecule has 0 saturated carbocycles. The van der Waals surface area contributed by atoms with Crippen LogP contribution in [0, 0.1) is 13.8 Å². The Labute approximate surface area is 135 Å². The Kier molecular flexibility index (Phi) is 4.41. The molecule has 2 heterocycles. The van der Waals surface area contributed by atoms with E-state index in [9.17, 15) is 0 Å². The first kappa shape index (κ1) is 15.3. The number of nitrogens with one attached hydrogen (secondary N) is 1. The van der Waals surface area contributed by atoms with Crippen molar-refractivity contribution in [1.82, 2.24) is 19.5 Å². The zero-order chi connectivity index (χ0) is 16.2. The lowest BCUT2D eigenvalue weighted by Crippen LogP contribution is -2.07. The molecule has 3 aromatic rings. The highest BCUT2D eigenvalue weighted by molar-refractivity contribution is 5.75. The maximum Gasteiger partial charge on any atom is 0.245 e. The van der Waals surface area contributed by atoms with Crippen molar-refractivity contribution >= 4 is 16.9 Å². The number of methoxy groups -OCH3 is 1. The fourth-order valence-electron chi connectivity index (χ4n) is 2.51. The highest BCUT2D eigenvalue weighted by atomic mass is 16.5. The van der Waals surface area contributed by atoms with Gasteiger partial charge in [0.1, 0.15) is 6.33 Å². The van der Waals surface area contributed by atoms with Gasteiger partial charge in [0.15, 0.2) is 11.2 Å². The lowest BCUT2D eigenvalue weighted by atomic mass is 10.1. The summed E-state index contributed by atoms with van der Waals surface area (Å²) in [5.74, 6) is 0.516. The summed E-state index contributed by atoms with van der Waals surface area (Å²) in [5, 5.41) is 3.45. The summed E-state index contributed by atoms with van der Waals surface area (Å²) < 4.78 is 7.24. The lowest BCUT2D eigenvalue weighted by molar-refractivity contribution is 0.401. The lowest BCUT2D eigenvalue weighted by Gasteiger charge is -2.09. The molecule has 0 radical (unpaired) electrons. The summed E-state index contributed by atoms with van der Waals surface area (Å²) in [4.78, 5) is 12.7. The van der Waals surface area contributed by atoms with E-state index in [1.165, 1.54) is 17.5 Å². The van der Waals surface area contributed by atoms with Crippen molar-refractivity contribution in [2.75, 3.05) is 19.0 Å². The van der Waals surface area contributed by atoms with Gasteiger partial charge in [-0.1, -0.05) is 6.07 Å². The molecule has 23 heavy (non-hydrogen) atoms. The number of aryl methyl sites for hydroxylation is 3. The Bertz CT molecular complexity index is 812. The highest BCUT2D eigenvalue weighted by Crippen LogP contribution is 2.19. The number of benzene rings is 1. The van der Waals surface area contributed by atoms with E-state index < -0.39 is 0 Å². The molecule has 120 valence electrons. The number of rotatable bonds is 6. The van der Waals surface area contributed by atoms with Gasteiger partial charge in [-0.05, 0) is 43.5 Å². The third kappa shape index (κ3) is 3.26. The van der Waals surface area contributed by atoms with Gasteiger partial charge in [-0.3, -0.25) is 0 Å². The topological polar surface area (TPSA) is 64.9 Å². The minimum absolute atomic E-state index is 0.516. The van der Waals surface area contributed by atoms with Crippen LogP contribution in [0.5, 0.6) is 5.88 Å². The maximum absolute atomic E-state index is 5.21. The van der Waals surface area contributed by atoms with E-state index >= 15 is 0 Å². The number of ether oxygens (including phenoxy) is 1. The van der Waals surface area contributed by atoms with Crippen molar-refractivity contribution in [3.8, 4) is 5.88 Å². The number of nitrogens with zero attached hydrogens (tertiary/aromatic N) is 4. The molecule has 2 aromatic heterocycles. The fraction of sp³-hybridized carbons (Fsp3) is 0.353. The van der Waals surface area contributed by atoms with Gasteiger partial charge >= 0.3 is 0 Å². The van der Waals surface area contributed by atoms with Crippen molar-refractivity contribution in [1.29, 1.82) is 0 Å². The Morgan fingerprint density at radius 2 is 2.00 bits per heavy atom. The Balaban J connectivity index is 1.60. The molecule has 0 spiro atoms. The van der Waals surface area contributed by atoms with Crippen LogP contribution in [0.4, 0.5) is 5.69 Å². The summed E-state index contributed by atoms with van der Waals surface area (Å²) >= 11 is 0. The monoisotopic (exact) mass is 311 g/mol. The van der Waals surface area contributed by atoms with Crippen LogP contribution in [0.1, 0.15) is 17.5 Å². The van der Waals surface area contributed by atoms with Crippen LogP contribution in [0.2, 0.25) is 0 Å². The van der Waals surface area contributed by atoms with E-state index in [1.807, 2.05) is 4.57 Å². The van der Waals surface area contributed by atoms with Crippen LogP contribution >= 0.6 is 0 Å². The molecule has 0 aliphatic carbocycles. The second-order valence-electron chi connectivity index (χ2n) is 5.57. The van der Waals surface area contributed by atoms with Crippen LogP contribution < -0.4 is 10.1 Å². The molecule has 6 heteroatoms. The summed E-state index contributed by atoms with van der Waals surface area (Å²) in [5.41, 5.74) is 5.29. The van der Waals surface area contributed by atoms with Crippen LogP contribution in [-0.4, -0.2) is 33.2 Å². The molecule has 0 aliphatic rings. The number of fused-ring (bicyclic) bond motifs is 1. The average molecular weight is 311 g/mol. The Hall–Kier alpha value is -2.63. The average Bonchev–Trinajstić information content (AvgIpc) is 2.98. The zero-order valence-electron chi connectivity index (χ0n) is 13.7. The minimum atomic E-state index is 0.516. The fourth-order valence-corrected chi connectivity index (χ4v) is 2.51. The predicted octanol–water partition coefficient (Wildman–Crippen LogP) is 2.95. The smallest absolute Gasteiger partial charge is 0.245 e. The molecule has 0 aliphatic heterocycles. The Morgan fingerprint density at radius 3 is 2.78 bits per heavy atom. The van der Waals surface area contributed by atoms with E-state index in [2.05, 4.69) is 52.3 Å². The molecular weight excluding hydrogens is 290 g/mol. The van der Waals surface area contributed by atoms with E-state index in [4.69, 9.17) is 4.74 Å². The first-order valence-corrected chi connectivity index (χ1v) is 7.70. The third-order valence-electron chi connectivity index (χ3n) is 3.97. The van der Waals surface area contributed by atoms with Gasteiger partial charge in [0, 0.05) is 18.8 Å². The molecule has 3 rings (SSSR count). The number of imidazole rings is 1. The van der Waals surface area contributed by atoms with Gasteiger partial charge in [0.2, 0.25) is 5.88 Å². The first-order chi connectivity index (χ1) is 11.2. The van der Waals surface area contributed by atoms with Gasteiger partial charge in [0.05, 0.1) is 13.4 Å². The molecule has 0 saturated heterocycles. The third-order valence-corrected chi connectivity index (χ3v) is 3.97. The number of hydrogen-bond acceptors (Lipinski definition) is 5. The van der Waals surface area contributed by atoms with Gasteiger partial charge < -0.3 is 14.6 Å². The van der Waals surface area contributed by atoms with Gasteiger partial charge in [0.25, 0.3) is 0 Å². The van der Waals surface area contributed by atoms with Gasteiger partial charge in [-0.2, -0.15) is 4.98 Å². The highest BCUT2D eigenvalue weighted by Gasteiger charge is 2.09. The Morgan fingerprint density at radius 1 is 1.13 bits per heavy atom. The molecule has 0 amide bonds. The van der Waals surface area contributed by atoms with Crippen molar-refractivity contribution < 1.29 is 4.74 Å². The SMILES string of the molecule is COc1ncnc2c1ncn2CCCNc1ccc(C)c(C)c1. The second-order valence-corrected chi connectivity index (χ2v) is 5.57. The molecule has 1 aromatic carbocycles.